The topological polar surface area (TPSA) is 67.6 Å². The lowest BCUT2D eigenvalue weighted by Gasteiger charge is -2.33. The number of nitrogens with zero attached hydrogens (tertiary/aromatic N) is 2. The van der Waals surface area contributed by atoms with Crippen LogP contribution in [-0.4, -0.2) is 42.6 Å². The number of rotatable bonds is 4. The molecule has 0 aliphatic carbocycles. The fraction of sp³-hybridized carbons (Fsp3) is 0.538. The second-order valence-corrected chi connectivity index (χ2v) is 4.79. The van der Waals surface area contributed by atoms with E-state index in [-0.39, 0.29) is 5.69 Å². The summed E-state index contributed by atoms with van der Waals surface area (Å²) in [6, 6.07) is 5.60. The lowest BCUT2D eigenvalue weighted by Crippen LogP contribution is -2.49. The smallest absolute Gasteiger partial charge is 0.311 e. The van der Waals surface area contributed by atoms with Gasteiger partial charge >= 0.3 is 5.69 Å². The minimum Gasteiger partial charge on any atom is -0.490 e. The summed E-state index contributed by atoms with van der Waals surface area (Å²) in [5.41, 5.74) is 0.976. The molecule has 6 heteroatoms. The maximum Gasteiger partial charge on any atom is 0.311 e. The Morgan fingerprint density at radius 1 is 1.58 bits per heavy atom. The van der Waals surface area contributed by atoms with Crippen LogP contribution in [0, 0.1) is 10.1 Å². The summed E-state index contributed by atoms with van der Waals surface area (Å²) in [7, 11) is 1.44. The molecule has 0 aromatic heterocycles. The minimum absolute atomic E-state index is 0.0304. The van der Waals surface area contributed by atoms with E-state index in [2.05, 4.69) is 17.1 Å². The van der Waals surface area contributed by atoms with Gasteiger partial charge in [-0.3, -0.25) is 15.0 Å². The molecule has 0 radical (unpaired) electrons. The third kappa shape index (κ3) is 3.21. The molecule has 104 valence electrons. The van der Waals surface area contributed by atoms with E-state index in [9.17, 15) is 10.1 Å². The number of ether oxygens (including phenoxy) is 1. The summed E-state index contributed by atoms with van der Waals surface area (Å²) in [5, 5.41) is 14.3. The summed E-state index contributed by atoms with van der Waals surface area (Å²) >= 11 is 0. The highest BCUT2D eigenvalue weighted by Gasteiger charge is 2.20. The van der Waals surface area contributed by atoms with Crippen molar-refractivity contribution in [2.75, 3.05) is 26.7 Å². The fourth-order valence-electron chi connectivity index (χ4n) is 2.33. The van der Waals surface area contributed by atoms with Crippen LogP contribution in [0.4, 0.5) is 5.69 Å². The van der Waals surface area contributed by atoms with Gasteiger partial charge in [0, 0.05) is 38.3 Å². The molecule has 1 aromatic rings. The monoisotopic (exact) mass is 265 g/mol. The molecule has 0 amide bonds. The van der Waals surface area contributed by atoms with Gasteiger partial charge in [-0.25, -0.2) is 0 Å². The van der Waals surface area contributed by atoms with E-state index in [1.54, 1.807) is 12.1 Å². The van der Waals surface area contributed by atoms with Crippen LogP contribution in [0.1, 0.15) is 12.5 Å². The molecule has 1 aromatic carbocycles. The molecule has 1 atom stereocenters. The lowest BCUT2D eigenvalue weighted by atomic mass is 10.1. The molecule has 1 aliphatic rings. The number of nitro groups is 1. The molecule has 1 aliphatic heterocycles. The molecular formula is C13H19N3O3. The largest absolute Gasteiger partial charge is 0.490 e. The molecule has 0 unspecified atom stereocenters. The maximum absolute atomic E-state index is 11.0. The van der Waals surface area contributed by atoms with Gasteiger partial charge in [0.25, 0.3) is 0 Å². The van der Waals surface area contributed by atoms with Crippen LogP contribution in [-0.2, 0) is 6.54 Å². The summed E-state index contributed by atoms with van der Waals surface area (Å²) in [5.74, 6) is 0.308. The zero-order valence-corrected chi connectivity index (χ0v) is 11.3. The number of hydrogen-bond acceptors (Lipinski definition) is 5. The minimum atomic E-state index is -0.399. The van der Waals surface area contributed by atoms with E-state index in [1.165, 1.54) is 7.11 Å². The van der Waals surface area contributed by atoms with Crippen molar-refractivity contribution >= 4 is 5.69 Å². The quantitative estimate of drug-likeness (QED) is 0.658. The molecule has 2 rings (SSSR count). The first kappa shape index (κ1) is 13.8. The molecule has 0 saturated carbocycles. The van der Waals surface area contributed by atoms with E-state index in [0.717, 1.165) is 31.7 Å². The van der Waals surface area contributed by atoms with Gasteiger partial charge < -0.3 is 10.1 Å². The first-order valence-electron chi connectivity index (χ1n) is 6.38. The first-order chi connectivity index (χ1) is 9.11. The Morgan fingerprint density at radius 2 is 2.37 bits per heavy atom. The van der Waals surface area contributed by atoms with Crippen LogP contribution < -0.4 is 10.1 Å². The molecule has 1 saturated heterocycles. The summed E-state index contributed by atoms with van der Waals surface area (Å²) < 4.78 is 5.01. The summed E-state index contributed by atoms with van der Waals surface area (Å²) in [4.78, 5) is 12.9. The highest BCUT2D eigenvalue weighted by Crippen LogP contribution is 2.28. The zero-order chi connectivity index (χ0) is 13.8. The highest BCUT2D eigenvalue weighted by atomic mass is 16.6. The van der Waals surface area contributed by atoms with Crippen molar-refractivity contribution in [3.05, 3.63) is 33.9 Å². The van der Waals surface area contributed by atoms with E-state index < -0.39 is 4.92 Å². The van der Waals surface area contributed by atoms with Crippen LogP contribution >= 0.6 is 0 Å². The average molecular weight is 265 g/mol. The Morgan fingerprint density at radius 3 is 3.00 bits per heavy atom. The van der Waals surface area contributed by atoms with Crippen LogP contribution in [0.5, 0.6) is 5.75 Å². The number of benzene rings is 1. The Labute approximate surface area is 112 Å². The maximum atomic E-state index is 11.0. The van der Waals surface area contributed by atoms with Gasteiger partial charge in [0.15, 0.2) is 5.75 Å². The van der Waals surface area contributed by atoms with E-state index in [1.807, 2.05) is 6.07 Å². The van der Waals surface area contributed by atoms with Crippen molar-refractivity contribution in [3.8, 4) is 5.75 Å². The Hall–Kier alpha value is -1.66. The second kappa shape index (κ2) is 5.99. The first-order valence-corrected chi connectivity index (χ1v) is 6.38. The van der Waals surface area contributed by atoms with Crippen LogP contribution in [0.2, 0.25) is 0 Å². The third-order valence-corrected chi connectivity index (χ3v) is 3.46. The number of hydrogen-bond donors (Lipinski definition) is 1. The number of methoxy groups -OCH3 is 1. The van der Waals surface area contributed by atoms with Gasteiger partial charge in [0.05, 0.1) is 12.0 Å². The van der Waals surface area contributed by atoms with Gasteiger partial charge in [-0.2, -0.15) is 0 Å². The van der Waals surface area contributed by atoms with Crippen molar-refractivity contribution in [2.24, 2.45) is 0 Å². The molecule has 1 fully saturated rings. The molecule has 19 heavy (non-hydrogen) atoms. The Balaban J connectivity index is 2.16. The van der Waals surface area contributed by atoms with Crippen molar-refractivity contribution in [1.82, 2.24) is 10.2 Å². The molecule has 0 bridgehead atoms. The fourth-order valence-corrected chi connectivity index (χ4v) is 2.33. The normalized spacial score (nSPS) is 20.2. The molecule has 0 spiro atoms. The SMILES string of the molecule is COc1ccc(CN2CCNC[C@@H]2C)cc1[N+](=O)[O-]. The van der Waals surface area contributed by atoms with Crippen molar-refractivity contribution in [3.63, 3.8) is 0 Å². The summed E-state index contributed by atoms with van der Waals surface area (Å²) in [6.07, 6.45) is 0. The Kier molecular flexibility index (Phi) is 4.34. The van der Waals surface area contributed by atoms with Gasteiger partial charge in [-0.05, 0) is 18.6 Å². The molecule has 1 N–H and O–H groups in total. The van der Waals surface area contributed by atoms with Crippen LogP contribution in [0.25, 0.3) is 0 Å². The summed E-state index contributed by atoms with van der Waals surface area (Å²) in [6.45, 7) is 5.76. The third-order valence-electron chi connectivity index (χ3n) is 3.46. The van der Waals surface area contributed by atoms with E-state index >= 15 is 0 Å². The van der Waals surface area contributed by atoms with Crippen LogP contribution in [0.15, 0.2) is 18.2 Å². The van der Waals surface area contributed by atoms with Crippen molar-refractivity contribution in [2.45, 2.75) is 19.5 Å². The second-order valence-electron chi connectivity index (χ2n) is 4.79. The van der Waals surface area contributed by atoms with Gasteiger partial charge in [-0.15, -0.1) is 0 Å². The van der Waals surface area contributed by atoms with Crippen molar-refractivity contribution < 1.29 is 9.66 Å². The van der Waals surface area contributed by atoms with Crippen molar-refractivity contribution in [1.29, 1.82) is 0 Å². The zero-order valence-electron chi connectivity index (χ0n) is 11.3. The standard InChI is InChI=1S/C13H19N3O3/c1-10-8-14-5-6-15(10)9-11-3-4-13(19-2)12(7-11)16(17)18/h3-4,7,10,14H,5-6,8-9H2,1-2H3/t10-/m0/s1. The molecular weight excluding hydrogens is 246 g/mol. The van der Waals surface area contributed by atoms with E-state index in [4.69, 9.17) is 4.74 Å². The Bertz CT molecular complexity index is 464. The molecule has 1 heterocycles. The molecule has 6 nitrogen and oxygen atoms in total. The van der Waals surface area contributed by atoms with Gasteiger partial charge in [0.2, 0.25) is 0 Å². The predicted octanol–water partition coefficient (Wildman–Crippen LogP) is 1.40. The number of nitro benzene ring substituents is 1. The van der Waals surface area contributed by atoms with Gasteiger partial charge in [-0.1, -0.05) is 6.07 Å². The van der Waals surface area contributed by atoms with Gasteiger partial charge in [0.1, 0.15) is 0 Å². The van der Waals surface area contributed by atoms with Crippen LogP contribution in [0.3, 0.4) is 0 Å². The number of nitrogens with one attached hydrogen (secondary N) is 1. The van der Waals surface area contributed by atoms with E-state index in [0.29, 0.717) is 11.8 Å². The predicted molar refractivity (Wildman–Crippen MR) is 72.4 cm³/mol. The average Bonchev–Trinajstić information content (AvgIpc) is 2.41. The highest BCUT2D eigenvalue weighted by molar-refractivity contribution is 5.48. The lowest BCUT2D eigenvalue weighted by molar-refractivity contribution is -0.385. The number of piperazine rings is 1.